The first-order valence-electron chi connectivity index (χ1n) is 10.7. The van der Waals surface area contributed by atoms with Crippen molar-refractivity contribution in [3.05, 3.63) is 65.9 Å². The smallest absolute Gasteiger partial charge is 0.334 e. The molecule has 1 aromatic heterocycles. The Morgan fingerprint density at radius 2 is 1.67 bits per heavy atom. The molecule has 0 aliphatic carbocycles. The van der Waals surface area contributed by atoms with Crippen molar-refractivity contribution < 1.29 is 39.6 Å². The van der Waals surface area contributed by atoms with E-state index in [1.807, 2.05) is 0 Å². The predicted molar refractivity (Wildman–Crippen MR) is 119 cm³/mol. The second-order valence-corrected chi connectivity index (χ2v) is 10.0. The fraction of sp³-hybridized carbons (Fsp3) is 0.304. The van der Waals surface area contributed by atoms with E-state index in [1.54, 1.807) is 18.2 Å². The van der Waals surface area contributed by atoms with E-state index in [0.29, 0.717) is 34.9 Å². The van der Waals surface area contributed by atoms with Gasteiger partial charge in [-0.25, -0.2) is 13.1 Å². The first kappa shape index (κ1) is 25.9. The molecule has 0 unspecified atom stereocenters. The topological polar surface area (TPSA) is 79.4 Å². The zero-order chi connectivity index (χ0) is 26.3. The van der Waals surface area contributed by atoms with Crippen LogP contribution in [0.25, 0.3) is 22.0 Å². The van der Waals surface area contributed by atoms with Gasteiger partial charge in [-0.15, -0.1) is 0 Å². The van der Waals surface area contributed by atoms with Crippen LogP contribution in [-0.2, 0) is 16.2 Å². The van der Waals surface area contributed by atoms with Crippen molar-refractivity contribution in [2.75, 3.05) is 13.1 Å². The number of hydrogen-bond donors (Lipinski definition) is 1. The van der Waals surface area contributed by atoms with E-state index in [9.17, 15) is 39.6 Å². The van der Waals surface area contributed by atoms with Crippen molar-refractivity contribution in [2.45, 2.75) is 30.6 Å². The van der Waals surface area contributed by atoms with Crippen LogP contribution in [0.4, 0.5) is 26.3 Å². The van der Waals surface area contributed by atoms with Gasteiger partial charge in [0.2, 0.25) is 0 Å². The number of amides is 1. The number of rotatable bonds is 5. The first-order valence-corrected chi connectivity index (χ1v) is 12.2. The fourth-order valence-electron chi connectivity index (χ4n) is 4.12. The minimum Gasteiger partial charge on any atom is -0.334 e. The van der Waals surface area contributed by atoms with Gasteiger partial charge >= 0.3 is 21.7 Å². The lowest BCUT2D eigenvalue weighted by Gasteiger charge is -2.25. The third kappa shape index (κ3) is 5.16. The van der Waals surface area contributed by atoms with E-state index in [0.717, 1.165) is 12.1 Å². The molecule has 13 heteroatoms. The van der Waals surface area contributed by atoms with Crippen LogP contribution in [0.5, 0.6) is 0 Å². The molecule has 1 fully saturated rings. The minimum atomic E-state index is -5.55. The molecule has 0 bridgehead atoms. The van der Waals surface area contributed by atoms with Crippen LogP contribution in [0.15, 0.2) is 54.7 Å². The maximum atomic E-state index is 13.4. The number of benzene rings is 2. The summed E-state index contributed by atoms with van der Waals surface area (Å²) in [5, 5.41) is 0.404. The Bertz CT molecular complexity index is 1390. The summed E-state index contributed by atoms with van der Waals surface area (Å²) in [4.78, 5) is 18.9. The Morgan fingerprint density at radius 3 is 2.31 bits per heavy atom. The van der Waals surface area contributed by atoms with Gasteiger partial charge in [0.1, 0.15) is 0 Å². The van der Waals surface area contributed by atoms with E-state index in [2.05, 4.69) is 4.98 Å². The summed E-state index contributed by atoms with van der Waals surface area (Å²) in [5.74, 6) is -0.513. The third-order valence-corrected chi connectivity index (χ3v) is 7.13. The molecule has 1 N–H and O–H groups in total. The number of likely N-dealkylation sites (tertiary alicyclic amines) is 1. The number of aromatic nitrogens is 1. The molecule has 6 nitrogen and oxygen atoms in total. The lowest BCUT2D eigenvalue weighted by atomic mass is 9.99. The number of nitrogens with zero attached hydrogens (tertiary/aromatic N) is 2. The Kier molecular flexibility index (Phi) is 6.73. The maximum absolute atomic E-state index is 13.4. The van der Waals surface area contributed by atoms with E-state index in [1.165, 1.54) is 34.0 Å². The molecule has 1 aliphatic heterocycles. The molecule has 1 amide bonds. The summed E-state index contributed by atoms with van der Waals surface area (Å²) in [5.41, 5.74) is -4.62. The van der Waals surface area contributed by atoms with Crippen LogP contribution >= 0.6 is 0 Å². The van der Waals surface area contributed by atoms with Crippen LogP contribution in [0.1, 0.15) is 28.8 Å². The van der Waals surface area contributed by atoms with Gasteiger partial charge in [-0.3, -0.25) is 9.78 Å². The SMILES string of the molecule is O=C(c1ccnc2ccc(-c3ccc(C(F)(F)F)cc3)cc12)N1CCC[C@H]1CNS(=O)(=O)C(F)(F)F. The number of halogens is 6. The molecule has 0 radical (unpaired) electrons. The van der Waals surface area contributed by atoms with Crippen molar-refractivity contribution in [2.24, 2.45) is 0 Å². The highest BCUT2D eigenvalue weighted by molar-refractivity contribution is 7.90. The number of carbonyl (C=O) groups is 1. The van der Waals surface area contributed by atoms with Crippen molar-refractivity contribution in [3.63, 3.8) is 0 Å². The second-order valence-electron chi connectivity index (χ2n) is 8.26. The van der Waals surface area contributed by atoms with Gasteiger partial charge in [0, 0.05) is 30.7 Å². The Morgan fingerprint density at radius 1 is 1.00 bits per heavy atom. The summed E-state index contributed by atoms with van der Waals surface area (Å²) in [6.07, 6.45) is -2.30. The average molecular weight is 531 g/mol. The number of pyridine rings is 1. The van der Waals surface area contributed by atoms with E-state index < -0.39 is 45.8 Å². The maximum Gasteiger partial charge on any atom is 0.511 e. The monoisotopic (exact) mass is 531 g/mol. The zero-order valence-corrected chi connectivity index (χ0v) is 19.2. The van der Waals surface area contributed by atoms with Crippen LogP contribution in [0, 0.1) is 0 Å². The molecule has 36 heavy (non-hydrogen) atoms. The number of sulfonamides is 1. The van der Waals surface area contributed by atoms with Crippen molar-refractivity contribution in [1.29, 1.82) is 0 Å². The Hall–Kier alpha value is -3.19. The summed E-state index contributed by atoms with van der Waals surface area (Å²) >= 11 is 0. The minimum absolute atomic E-state index is 0.194. The number of nitrogens with one attached hydrogen (secondary N) is 1. The van der Waals surface area contributed by atoms with Crippen molar-refractivity contribution >= 4 is 26.8 Å². The molecular formula is C23H19F6N3O3S. The summed E-state index contributed by atoms with van der Waals surface area (Å²) in [6, 6.07) is 10.0. The average Bonchev–Trinajstić information content (AvgIpc) is 3.29. The standard InChI is InChI=1S/C23H19F6N3O3S/c24-22(25,26)16-6-3-14(4-7-16)15-5-8-20-19(12-15)18(9-10-30-20)21(33)32-11-1-2-17(32)13-31-36(34,35)23(27,28)29/h3-10,12,17,31H,1-2,11,13H2/t17-/m0/s1. The molecule has 3 aromatic rings. The summed E-state index contributed by atoms with van der Waals surface area (Å²) in [6.45, 7) is -0.368. The van der Waals surface area contributed by atoms with Gasteiger partial charge in [-0.05, 0) is 54.3 Å². The van der Waals surface area contributed by atoms with Crippen molar-refractivity contribution in [3.8, 4) is 11.1 Å². The highest BCUT2D eigenvalue weighted by atomic mass is 32.2. The largest absolute Gasteiger partial charge is 0.511 e. The fourth-order valence-corrected chi connectivity index (χ4v) is 4.70. The lowest BCUT2D eigenvalue weighted by Crippen LogP contribution is -2.46. The number of alkyl halides is 6. The van der Waals surface area contributed by atoms with E-state index in [-0.39, 0.29) is 12.1 Å². The van der Waals surface area contributed by atoms with Crippen LogP contribution < -0.4 is 4.72 Å². The Labute approximate surface area is 202 Å². The Balaban J connectivity index is 1.62. The number of hydrogen-bond acceptors (Lipinski definition) is 4. The van der Waals surface area contributed by atoms with Gasteiger partial charge in [-0.2, -0.15) is 26.3 Å². The molecule has 2 heterocycles. The van der Waals surface area contributed by atoms with E-state index >= 15 is 0 Å². The van der Waals surface area contributed by atoms with Gasteiger partial charge in [0.15, 0.2) is 0 Å². The highest BCUT2D eigenvalue weighted by Gasteiger charge is 2.46. The van der Waals surface area contributed by atoms with Gasteiger partial charge < -0.3 is 4.90 Å². The van der Waals surface area contributed by atoms with Crippen molar-refractivity contribution in [1.82, 2.24) is 14.6 Å². The van der Waals surface area contributed by atoms with Gasteiger partial charge in [0.25, 0.3) is 5.91 Å². The third-order valence-electron chi connectivity index (χ3n) is 5.97. The second kappa shape index (κ2) is 9.36. The van der Waals surface area contributed by atoms with E-state index in [4.69, 9.17) is 0 Å². The predicted octanol–water partition coefficient (Wildman–Crippen LogP) is 4.96. The van der Waals surface area contributed by atoms with Crippen LogP contribution in [0.2, 0.25) is 0 Å². The molecule has 0 saturated carbocycles. The molecule has 1 atom stereocenters. The van der Waals surface area contributed by atoms with Crippen LogP contribution in [-0.4, -0.2) is 48.8 Å². The van der Waals surface area contributed by atoms with Gasteiger partial charge in [-0.1, -0.05) is 18.2 Å². The summed E-state index contributed by atoms with van der Waals surface area (Å²) < 4.78 is 101. The van der Waals surface area contributed by atoms with Gasteiger partial charge in [0.05, 0.1) is 16.6 Å². The molecule has 192 valence electrons. The normalized spacial score (nSPS) is 17.1. The number of carbonyl (C=O) groups excluding carboxylic acids is 1. The molecule has 4 rings (SSSR count). The summed E-state index contributed by atoms with van der Waals surface area (Å²) in [7, 11) is -5.55. The lowest BCUT2D eigenvalue weighted by molar-refractivity contribution is -0.137. The molecule has 2 aromatic carbocycles. The highest BCUT2D eigenvalue weighted by Crippen LogP contribution is 2.32. The molecule has 1 saturated heterocycles. The quantitative estimate of drug-likeness (QED) is 0.472. The first-order chi connectivity index (χ1) is 16.8. The zero-order valence-electron chi connectivity index (χ0n) is 18.4. The number of fused-ring (bicyclic) bond motifs is 1. The molecule has 0 spiro atoms. The van der Waals surface area contributed by atoms with Crippen LogP contribution in [0.3, 0.4) is 0 Å². The molecule has 1 aliphatic rings. The molecular weight excluding hydrogens is 512 g/mol.